The number of H-pyrrole nitrogens is 1. The molecule has 19 heavy (non-hydrogen) atoms. The number of rotatable bonds is 5. The van der Waals surface area contributed by atoms with Crippen molar-refractivity contribution < 1.29 is 8.42 Å². The third-order valence-electron chi connectivity index (χ3n) is 3.58. The van der Waals surface area contributed by atoms with E-state index in [9.17, 15) is 8.42 Å². The molecule has 2 rings (SSSR count). The molecule has 0 atom stereocenters. The van der Waals surface area contributed by atoms with E-state index < -0.39 is 10.0 Å². The van der Waals surface area contributed by atoms with Crippen LogP contribution in [0.4, 0.5) is 0 Å². The summed E-state index contributed by atoms with van der Waals surface area (Å²) in [5, 5.41) is 0.678. The van der Waals surface area contributed by atoms with E-state index >= 15 is 0 Å². The molecule has 0 spiro atoms. The second-order valence-corrected chi connectivity index (χ2v) is 7.75. The first-order valence-electron chi connectivity index (χ1n) is 6.47. The van der Waals surface area contributed by atoms with Crippen LogP contribution in [0.3, 0.4) is 0 Å². The van der Waals surface area contributed by atoms with Crippen molar-refractivity contribution in [3.63, 3.8) is 0 Å². The van der Waals surface area contributed by atoms with Gasteiger partial charge in [0.15, 0.2) is 0 Å². The molecule has 0 unspecified atom stereocenters. The highest BCUT2D eigenvalue weighted by Gasteiger charge is 2.25. The fourth-order valence-corrected chi connectivity index (χ4v) is 4.46. The van der Waals surface area contributed by atoms with E-state index in [1.165, 1.54) is 6.20 Å². The summed E-state index contributed by atoms with van der Waals surface area (Å²) in [4.78, 5) is 3.15. The largest absolute Gasteiger partial charge is 0.363 e. The molecule has 1 saturated carbocycles. The van der Waals surface area contributed by atoms with Crippen LogP contribution in [0.1, 0.15) is 31.4 Å². The van der Waals surface area contributed by atoms with Crippen LogP contribution < -0.4 is 10.5 Å². The number of nitrogens with two attached hydrogens (primary N) is 1. The maximum atomic E-state index is 12.2. The third-order valence-corrected chi connectivity index (χ3v) is 6.21. The number of hydrogen-bond acceptors (Lipinski definition) is 4. The first-order chi connectivity index (χ1) is 9.05. The highest BCUT2D eigenvalue weighted by molar-refractivity contribution is 7.99. The molecule has 1 aromatic rings. The molecule has 4 N–H and O–H groups in total. The molecule has 1 aliphatic rings. The Morgan fingerprint density at radius 3 is 2.63 bits per heavy atom. The number of aromatic nitrogens is 1. The van der Waals surface area contributed by atoms with E-state index in [1.54, 1.807) is 6.07 Å². The average molecular weight is 303 g/mol. The maximum Gasteiger partial charge on any atom is 0.242 e. The molecule has 0 aromatic carbocycles. The molecule has 108 valence electrons. The van der Waals surface area contributed by atoms with Crippen molar-refractivity contribution in [1.82, 2.24) is 9.71 Å². The van der Waals surface area contributed by atoms with Gasteiger partial charge in [0.05, 0.1) is 4.90 Å². The summed E-state index contributed by atoms with van der Waals surface area (Å²) in [5.74, 6) is 0. The molecule has 0 saturated heterocycles. The second-order valence-electron chi connectivity index (χ2n) is 4.90. The molecule has 7 heteroatoms. The average Bonchev–Trinajstić information content (AvgIpc) is 2.89. The molecule has 0 amide bonds. The van der Waals surface area contributed by atoms with Crippen molar-refractivity contribution in [3.8, 4) is 0 Å². The van der Waals surface area contributed by atoms with Gasteiger partial charge in [-0.25, -0.2) is 13.1 Å². The highest BCUT2D eigenvalue weighted by atomic mass is 32.2. The van der Waals surface area contributed by atoms with Gasteiger partial charge in [0.1, 0.15) is 0 Å². The molecular weight excluding hydrogens is 282 g/mol. The lowest BCUT2D eigenvalue weighted by Crippen LogP contribution is -2.37. The maximum absolute atomic E-state index is 12.2. The summed E-state index contributed by atoms with van der Waals surface area (Å²) in [7, 11) is -3.42. The fourth-order valence-electron chi connectivity index (χ4n) is 2.40. The first-order valence-corrected chi connectivity index (χ1v) is 9.24. The Labute approximate surface area is 118 Å². The molecule has 1 aliphatic carbocycles. The summed E-state index contributed by atoms with van der Waals surface area (Å²) < 4.78 is 27.2. The van der Waals surface area contributed by atoms with Gasteiger partial charge in [-0.05, 0) is 38.0 Å². The smallest absolute Gasteiger partial charge is 0.242 e. The zero-order valence-corrected chi connectivity index (χ0v) is 12.7. The van der Waals surface area contributed by atoms with Gasteiger partial charge in [-0.3, -0.25) is 0 Å². The van der Waals surface area contributed by atoms with Crippen LogP contribution in [0.25, 0.3) is 0 Å². The molecule has 0 bridgehead atoms. The van der Waals surface area contributed by atoms with Gasteiger partial charge < -0.3 is 10.7 Å². The van der Waals surface area contributed by atoms with Gasteiger partial charge in [0, 0.05) is 29.7 Å². The lowest BCUT2D eigenvalue weighted by atomic mass is 9.96. The van der Waals surface area contributed by atoms with Crippen LogP contribution in [0, 0.1) is 0 Å². The molecule has 1 heterocycles. The Bertz CT molecular complexity index is 505. The van der Waals surface area contributed by atoms with E-state index in [0.29, 0.717) is 11.8 Å². The van der Waals surface area contributed by atoms with Crippen molar-refractivity contribution >= 4 is 21.8 Å². The van der Waals surface area contributed by atoms with Crippen molar-refractivity contribution in [2.24, 2.45) is 5.73 Å². The Morgan fingerprint density at radius 1 is 1.42 bits per heavy atom. The summed E-state index contributed by atoms with van der Waals surface area (Å²) in [6.45, 7) is 0.314. The number of nitrogens with one attached hydrogen (secondary N) is 2. The van der Waals surface area contributed by atoms with Crippen LogP contribution in [-0.4, -0.2) is 30.9 Å². The Morgan fingerprint density at radius 2 is 2.11 bits per heavy atom. The standard InChI is InChI=1S/C12H21N3O2S2/c1-18-11-4-2-9(3-5-11)15-19(16,17)12-6-10(7-13)14-8-12/h6,8-9,11,14-15H,2-5,7,13H2,1H3. The van der Waals surface area contributed by atoms with E-state index in [1.807, 2.05) is 11.8 Å². The predicted octanol–water partition coefficient (Wildman–Crippen LogP) is 1.43. The number of hydrogen-bond donors (Lipinski definition) is 3. The number of thioether (sulfide) groups is 1. The first kappa shape index (κ1) is 14.9. The molecular formula is C12H21N3O2S2. The summed E-state index contributed by atoms with van der Waals surface area (Å²) in [6, 6.07) is 1.65. The van der Waals surface area contributed by atoms with E-state index in [-0.39, 0.29) is 10.9 Å². The second kappa shape index (κ2) is 6.30. The zero-order chi connectivity index (χ0) is 13.9. The van der Waals surface area contributed by atoms with E-state index in [4.69, 9.17) is 5.73 Å². The predicted molar refractivity (Wildman–Crippen MR) is 78.6 cm³/mol. The Hall–Kier alpha value is -0.500. The van der Waals surface area contributed by atoms with Gasteiger partial charge in [-0.2, -0.15) is 11.8 Å². The lowest BCUT2D eigenvalue weighted by Gasteiger charge is -2.27. The van der Waals surface area contributed by atoms with E-state index in [2.05, 4.69) is 16.0 Å². The SMILES string of the molecule is CSC1CCC(NS(=O)(=O)c2c[nH]c(CN)c2)CC1. The summed E-state index contributed by atoms with van der Waals surface area (Å²) in [5.41, 5.74) is 6.20. The van der Waals surface area contributed by atoms with Crippen molar-refractivity contribution in [2.45, 2.75) is 48.4 Å². The molecule has 1 aromatic heterocycles. The minimum atomic E-state index is -3.42. The van der Waals surface area contributed by atoms with Crippen LogP contribution in [0.15, 0.2) is 17.2 Å². The molecule has 0 aliphatic heterocycles. The monoisotopic (exact) mass is 303 g/mol. The minimum absolute atomic E-state index is 0.0598. The van der Waals surface area contributed by atoms with Crippen LogP contribution in [0.5, 0.6) is 0 Å². The third kappa shape index (κ3) is 3.75. The van der Waals surface area contributed by atoms with Crippen LogP contribution in [0.2, 0.25) is 0 Å². The van der Waals surface area contributed by atoms with E-state index in [0.717, 1.165) is 31.4 Å². The highest BCUT2D eigenvalue weighted by Crippen LogP contribution is 2.27. The minimum Gasteiger partial charge on any atom is -0.363 e. The van der Waals surface area contributed by atoms with Gasteiger partial charge in [-0.1, -0.05) is 0 Å². The summed E-state index contributed by atoms with van der Waals surface area (Å²) in [6.07, 6.45) is 7.60. The summed E-state index contributed by atoms with van der Waals surface area (Å²) >= 11 is 1.87. The molecule has 0 radical (unpaired) electrons. The van der Waals surface area contributed by atoms with Gasteiger partial charge in [0.25, 0.3) is 0 Å². The van der Waals surface area contributed by atoms with Gasteiger partial charge in [-0.15, -0.1) is 0 Å². The fraction of sp³-hybridized carbons (Fsp3) is 0.667. The van der Waals surface area contributed by atoms with Crippen LogP contribution >= 0.6 is 11.8 Å². The number of aromatic amines is 1. The Balaban J connectivity index is 1.98. The van der Waals surface area contributed by atoms with Gasteiger partial charge in [0.2, 0.25) is 10.0 Å². The van der Waals surface area contributed by atoms with Crippen molar-refractivity contribution in [3.05, 3.63) is 18.0 Å². The number of sulfonamides is 1. The quantitative estimate of drug-likeness (QED) is 0.768. The van der Waals surface area contributed by atoms with Crippen LogP contribution in [-0.2, 0) is 16.6 Å². The molecule has 1 fully saturated rings. The topological polar surface area (TPSA) is 88.0 Å². The molecule has 5 nitrogen and oxygen atoms in total. The van der Waals surface area contributed by atoms with Gasteiger partial charge >= 0.3 is 0 Å². The zero-order valence-electron chi connectivity index (χ0n) is 11.1. The van der Waals surface area contributed by atoms with Crippen molar-refractivity contribution in [1.29, 1.82) is 0 Å². The lowest BCUT2D eigenvalue weighted by molar-refractivity contribution is 0.420. The van der Waals surface area contributed by atoms with Crippen molar-refractivity contribution in [2.75, 3.05) is 6.26 Å². The Kier molecular flexibility index (Phi) is 4.94. The normalized spacial score (nSPS) is 24.5.